The predicted octanol–water partition coefficient (Wildman–Crippen LogP) is 2.46. The van der Waals surface area contributed by atoms with Crippen LogP contribution in [-0.4, -0.2) is 11.6 Å². The van der Waals surface area contributed by atoms with Gasteiger partial charge in [-0.25, -0.2) is 10.8 Å². The van der Waals surface area contributed by atoms with Gasteiger partial charge in [-0.15, -0.1) is 0 Å². The van der Waals surface area contributed by atoms with E-state index in [0.29, 0.717) is 12.4 Å². The predicted molar refractivity (Wildman–Crippen MR) is 65.8 cm³/mol. The van der Waals surface area contributed by atoms with Crippen LogP contribution in [-0.2, 0) is 11.3 Å². The van der Waals surface area contributed by atoms with Crippen LogP contribution in [0.5, 0.6) is 0 Å². The quantitative estimate of drug-likeness (QED) is 0.404. The lowest BCUT2D eigenvalue weighted by atomic mass is 10.2. The summed E-state index contributed by atoms with van der Waals surface area (Å²) in [5.41, 5.74) is 3.61. The van der Waals surface area contributed by atoms with Crippen LogP contribution in [0.1, 0.15) is 38.2 Å². The number of nitrogen functional groups attached to an aromatic ring is 1. The third-order valence-corrected chi connectivity index (χ3v) is 2.38. The standard InChI is InChI=1S/C12H21N3O/c1-2-3-4-5-8-16-10-11-6-7-14-12(9-11)15-13/h6-7,9H,2-5,8,10,13H2,1H3,(H,14,15). The van der Waals surface area contributed by atoms with Crippen molar-refractivity contribution >= 4 is 5.82 Å². The Morgan fingerprint density at radius 1 is 1.38 bits per heavy atom. The Kier molecular flexibility index (Phi) is 6.53. The second kappa shape index (κ2) is 8.07. The summed E-state index contributed by atoms with van der Waals surface area (Å²) in [5.74, 6) is 5.95. The highest BCUT2D eigenvalue weighted by Gasteiger charge is 1.96. The summed E-state index contributed by atoms with van der Waals surface area (Å²) in [6.45, 7) is 3.66. The van der Waals surface area contributed by atoms with Gasteiger partial charge in [0.05, 0.1) is 6.61 Å². The van der Waals surface area contributed by atoms with Gasteiger partial charge in [0, 0.05) is 12.8 Å². The molecule has 1 aromatic heterocycles. The summed E-state index contributed by atoms with van der Waals surface area (Å²) in [6, 6.07) is 3.83. The Hall–Kier alpha value is -1.13. The molecule has 0 aliphatic carbocycles. The molecule has 0 saturated carbocycles. The molecule has 0 atom stereocenters. The molecule has 1 rings (SSSR count). The van der Waals surface area contributed by atoms with Gasteiger partial charge in [-0.3, -0.25) is 0 Å². The van der Waals surface area contributed by atoms with Gasteiger partial charge in [-0.05, 0) is 24.1 Å². The summed E-state index contributed by atoms with van der Waals surface area (Å²) < 4.78 is 5.57. The van der Waals surface area contributed by atoms with Crippen LogP contribution in [0.25, 0.3) is 0 Å². The lowest BCUT2D eigenvalue weighted by Gasteiger charge is -2.05. The SMILES string of the molecule is CCCCCCOCc1ccnc(NN)c1. The van der Waals surface area contributed by atoms with E-state index in [0.717, 1.165) is 18.6 Å². The van der Waals surface area contributed by atoms with Crippen molar-refractivity contribution in [3.8, 4) is 0 Å². The Morgan fingerprint density at radius 3 is 3.00 bits per heavy atom. The Morgan fingerprint density at radius 2 is 2.25 bits per heavy atom. The fourth-order valence-electron chi connectivity index (χ4n) is 1.46. The van der Waals surface area contributed by atoms with Gasteiger partial charge in [0.1, 0.15) is 5.82 Å². The van der Waals surface area contributed by atoms with E-state index in [-0.39, 0.29) is 0 Å². The van der Waals surface area contributed by atoms with Crippen LogP contribution in [0, 0.1) is 0 Å². The van der Waals surface area contributed by atoms with Crippen molar-refractivity contribution in [2.24, 2.45) is 5.84 Å². The largest absolute Gasteiger partial charge is 0.377 e. The average Bonchev–Trinajstić information content (AvgIpc) is 2.34. The van der Waals surface area contributed by atoms with Crippen molar-refractivity contribution in [2.75, 3.05) is 12.0 Å². The molecule has 0 saturated heterocycles. The fourth-order valence-corrected chi connectivity index (χ4v) is 1.46. The minimum atomic E-state index is 0.628. The normalized spacial score (nSPS) is 10.4. The molecule has 0 aromatic carbocycles. The summed E-state index contributed by atoms with van der Waals surface area (Å²) in [5, 5.41) is 0. The van der Waals surface area contributed by atoms with Crippen LogP contribution >= 0.6 is 0 Å². The number of unbranched alkanes of at least 4 members (excludes halogenated alkanes) is 3. The van der Waals surface area contributed by atoms with Crippen LogP contribution in [0.3, 0.4) is 0 Å². The number of nitrogens with one attached hydrogen (secondary N) is 1. The van der Waals surface area contributed by atoms with E-state index in [4.69, 9.17) is 10.6 Å². The molecule has 4 nitrogen and oxygen atoms in total. The number of hydrogen-bond donors (Lipinski definition) is 2. The van der Waals surface area contributed by atoms with E-state index < -0.39 is 0 Å². The molecule has 0 amide bonds. The number of hydrogen-bond acceptors (Lipinski definition) is 4. The molecular formula is C12H21N3O. The maximum absolute atomic E-state index is 5.57. The molecular weight excluding hydrogens is 202 g/mol. The number of rotatable bonds is 8. The summed E-state index contributed by atoms with van der Waals surface area (Å²) in [4.78, 5) is 4.03. The zero-order chi connectivity index (χ0) is 11.6. The Bertz CT molecular complexity index is 291. The molecule has 1 heterocycles. The van der Waals surface area contributed by atoms with Crippen LogP contribution < -0.4 is 11.3 Å². The van der Waals surface area contributed by atoms with E-state index in [1.54, 1.807) is 6.20 Å². The molecule has 4 heteroatoms. The van der Waals surface area contributed by atoms with Gasteiger partial charge in [-0.2, -0.15) is 0 Å². The Balaban J connectivity index is 2.16. The number of anilines is 1. The third kappa shape index (κ3) is 5.09. The fraction of sp³-hybridized carbons (Fsp3) is 0.583. The van der Waals surface area contributed by atoms with E-state index in [1.165, 1.54) is 19.3 Å². The molecule has 1 aromatic rings. The van der Waals surface area contributed by atoms with E-state index >= 15 is 0 Å². The monoisotopic (exact) mass is 223 g/mol. The van der Waals surface area contributed by atoms with Crippen molar-refractivity contribution in [2.45, 2.75) is 39.2 Å². The highest BCUT2D eigenvalue weighted by molar-refractivity contribution is 5.35. The van der Waals surface area contributed by atoms with Crippen LogP contribution in [0.2, 0.25) is 0 Å². The zero-order valence-corrected chi connectivity index (χ0v) is 9.91. The van der Waals surface area contributed by atoms with Crippen LogP contribution in [0.4, 0.5) is 5.82 Å². The smallest absolute Gasteiger partial charge is 0.140 e. The maximum atomic E-state index is 5.57. The summed E-state index contributed by atoms with van der Waals surface area (Å²) >= 11 is 0. The first kappa shape index (κ1) is 12.9. The van der Waals surface area contributed by atoms with Gasteiger partial charge in [0.2, 0.25) is 0 Å². The van der Waals surface area contributed by atoms with Crippen LogP contribution in [0.15, 0.2) is 18.3 Å². The van der Waals surface area contributed by atoms with Crippen molar-refractivity contribution in [3.05, 3.63) is 23.9 Å². The second-order valence-electron chi connectivity index (χ2n) is 3.81. The number of pyridine rings is 1. The third-order valence-electron chi connectivity index (χ3n) is 2.38. The van der Waals surface area contributed by atoms with Gasteiger partial charge in [0.25, 0.3) is 0 Å². The highest BCUT2D eigenvalue weighted by atomic mass is 16.5. The molecule has 0 bridgehead atoms. The first-order valence-electron chi connectivity index (χ1n) is 5.86. The highest BCUT2D eigenvalue weighted by Crippen LogP contribution is 2.07. The number of nitrogens with two attached hydrogens (primary N) is 1. The number of aromatic nitrogens is 1. The molecule has 3 N–H and O–H groups in total. The number of ether oxygens (including phenoxy) is 1. The Labute approximate surface area is 97.2 Å². The topological polar surface area (TPSA) is 60.2 Å². The van der Waals surface area contributed by atoms with Crippen molar-refractivity contribution in [3.63, 3.8) is 0 Å². The lowest BCUT2D eigenvalue weighted by molar-refractivity contribution is 0.117. The van der Waals surface area contributed by atoms with Crippen molar-refractivity contribution < 1.29 is 4.74 Å². The van der Waals surface area contributed by atoms with Gasteiger partial charge in [0.15, 0.2) is 0 Å². The average molecular weight is 223 g/mol. The van der Waals surface area contributed by atoms with E-state index in [1.807, 2.05) is 12.1 Å². The minimum absolute atomic E-state index is 0.628. The molecule has 0 unspecified atom stereocenters. The molecule has 0 aliphatic heterocycles. The molecule has 0 fully saturated rings. The lowest BCUT2D eigenvalue weighted by Crippen LogP contribution is -2.08. The van der Waals surface area contributed by atoms with Crippen molar-refractivity contribution in [1.29, 1.82) is 0 Å². The molecule has 90 valence electrons. The molecule has 0 aliphatic rings. The molecule has 0 spiro atoms. The zero-order valence-electron chi connectivity index (χ0n) is 9.91. The molecule has 16 heavy (non-hydrogen) atoms. The van der Waals surface area contributed by atoms with Gasteiger partial charge < -0.3 is 10.2 Å². The first-order valence-corrected chi connectivity index (χ1v) is 5.86. The van der Waals surface area contributed by atoms with E-state index in [2.05, 4.69) is 17.3 Å². The van der Waals surface area contributed by atoms with E-state index in [9.17, 15) is 0 Å². The summed E-state index contributed by atoms with van der Waals surface area (Å²) in [7, 11) is 0. The van der Waals surface area contributed by atoms with Gasteiger partial charge in [-0.1, -0.05) is 26.2 Å². The summed E-state index contributed by atoms with van der Waals surface area (Å²) in [6.07, 6.45) is 6.67. The first-order chi connectivity index (χ1) is 7.86. The second-order valence-corrected chi connectivity index (χ2v) is 3.81. The van der Waals surface area contributed by atoms with Gasteiger partial charge >= 0.3 is 0 Å². The number of hydrazine groups is 1. The number of nitrogens with zero attached hydrogens (tertiary/aromatic N) is 1. The maximum Gasteiger partial charge on any atom is 0.140 e. The minimum Gasteiger partial charge on any atom is -0.377 e. The van der Waals surface area contributed by atoms with Crippen molar-refractivity contribution in [1.82, 2.24) is 4.98 Å². The molecule has 0 radical (unpaired) electrons.